The van der Waals surface area contributed by atoms with Gasteiger partial charge >= 0.3 is 12.0 Å². The second-order valence-corrected chi connectivity index (χ2v) is 7.84. The van der Waals surface area contributed by atoms with Crippen molar-refractivity contribution < 1.29 is 23.9 Å². The van der Waals surface area contributed by atoms with Crippen LogP contribution < -0.4 is 21.3 Å². The number of ether oxygens (including phenoxy) is 1. The highest BCUT2D eigenvalue weighted by Gasteiger charge is 2.20. The summed E-state index contributed by atoms with van der Waals surface area (Å²) in [5, 5.41) is 10.7. The molecule has 3 rings (SSSR count). The van der Waals surface area contributed by atoms with Gasteiger partial charge in [0.05, 0.1) is 25.6 Å². The van der Waals surface area contributed by atoms with E-state index in [-0.39, 0.29) is 25.1 Å². The van der Waals surface area contributed by atoms with Crippen LogP contribution in [0.15, 0.2) is 73.3 Å². The van der Waals surface area contributed by atoms with E-state index in [1.165, 1.54) is 6.07 Å². The van der Waals surface area contributed by atoms with Crippen molar-refractivity contribution in [1.82, 2.24) is 25.9 Å². The van der Waals surface area contributed by atoms with Gasteiger partial charge in [0.2, 0.25) is 5.91 Å². The molecular formula is C26H28N6O5. The van der Waals surface area contributed by atoms with Crippen LogP contribution in [0.1, 0.15) is 40.9 Å². The third-order valence-electron chi connectivity index (χ3n) is 5.09. The van der Waals surface area contributed by atoms with Crippen LogP contribution in [0, 0.1) is 0 Å². The van der Waals surface area contributed by atoms with E-state index in [1.54, 1.807) is 74.2 Å². The first-order chi connectivity index (χ1) is 17.9. The number of carbonyl (C=O) groups is 4. The quantitative estimate of drug-likeness (QED) is 0.293. The Labute approximate surface area is 214 Å². The molecule has 1 aromatic carbocycles. The first kappa shape index (κ1) is 26.8. The van der Waals surface area contributed by atoms with Crippen LogP contribution >= 0.6 is 0 Å². The zero-order valence-corrected chi connectivity index (χ0v) is 20.3. The number of urea groups is 1. The summed E-state index contributed by atoms with van der Waals surface area (Å²) in [6.45, 7) is 1.93. The molecule has 3 aromatic rings. The molecule has 11 nitrogen and oxygen atoms in total. The number of amides is 4. The van der Waals surface area contributed by atoms with Gasteiger partial charge < -0.3 is 26.0 Å². The number of aromatic nitrogens is 2. The van der Waals surface area contributed by atoms with Gasteiger partial charge in [0.15, 0.2) is 0 Å². The van der Waals surface area contributed by atoms with Gasteiger partial charge in [-0.1, -0.05) is 12.1 Å². The van der Waals surface area contributed by atoms with Crippen LogP contribution in [0.25, 0.3) is 0 Å². The Morgan fingerprint density at radius 3 is 2.49 bits per heavy atom. The normalized spacial score (nSPS) is 11.1. The molecule has 11 heteroatoms. The van der Waals surface area contributed by atoms with Crippen LogP contribution in [0.4, 0.5) is 10.5 Å². The lowest BCUT2D eigenvalue weighted by atomic mass is 10.1. The third-order valence-corrected chi connectivity index (χ3v) is 5.09. The van der Waals surface area contributed by atoms with Crippen molar-refractivity contribution in [2.75, 3.05) is 18.5 Å². The number of carbonyl (C=O) groups excluding carboxylic acids is 4. The van der Waals surface area contributed by atoms with Gasteiger partial charge in [0.25, 0.3) is 5.91 Å². The number of nitrogens with zero attached hydrogens (tertiary/aromatic N) is 2. The lowest BCUT2D eigenvalue weighted by molar-refractivity contribution is -0.143. The van der Waals surface area contributed by atoms with Gasteiger partial charge in [-0.25, -0.2) is 4.79 Å². The molecule has 0 aliphatic carbocycles. The lowest BCUT2D eigenvalue weighted by Gasteiger charge is -2.18. The van der Waals surface area contributed by atoms with Crippen molar-refractivity contribution in [3.8, 4) is 0 Å². The van der Waals surface area contributed by atoms with Crippen molar-refractivity contribution >= 4 is 29.5 Å². The van der Waals surface area contributed by atoms with E-state index < -0.39 is 29.9 Å². The van der Waals surface area contributed by atoms with Gasteiger partial charge in [0.1, 0.15) is 0 Å². The average molecular weight is 505 g/mol. The molecular weight excluding hydrogens is 476 g/mol. The maximum absolute atomic E-state index is 12.6. The molecule has 0 saturated heterocycles. The molecule has 0 saturated carbocycles. The van der Waals surface area contributed by atoms with E-state index in [4.69, 9.17) is 4.74 Å². The van der Waals surface area contributed by atoms with Crippen molar-refractivity contribution in [1.29, 1.82) is 0 Å². The molecule has 4 amide bonds. The largest absolute Gasteiger partial charge is 0.466 e. The number of hydrogen-bond acceptors (Lipinski definition) is 7. The molecule has 4 N–H and O–H groups in total. The fourth-order valence-corrected chi connectivity index (χ4v) is 3.33. The zero-order valence-electron chi connectivity index (χ0n) is 20.3. The fourth-order valence-electron chi connectivity index (χ4n) is 3.33. The molecule has 0 bridgehead atoms. The maximum Gasteiger partial charge on any atom is 0.319 e. The number of benzene rings is 1. The molecule has 0 aliphatic heterocycles. The summed E-state index contributed by atoms with van der Waals surface area (Å²) < 4.78 is 4.99. The Morgan fingerprint density at radius 2 is 1.76 bits per heavy atom. The SMILES string of the molecule is CCOC(=O)CC(NC(=O)CNC(=O)c1cccc(NC(=O)NCc2ccncc2)c1)c1cccnc1. The van der Waals surface area contributed by atoms with Crippen LogP contribution in [0.3, 0.4) is 0 Å². The monoisotopic (exact) mass is 504 g/mol. The van der Waals surface area contributed by atoms with Crippen molar-refractivity contribution in [3.05, 3.63) is 90.0 Å². The Bertz CT molecular complexity index is 1210. The Morgan fingerprint density at radius 1 is 0.946 bits per heavy atom. The number of esters is 1. The van der Waals surface area contributed by atoms with Crippen LogP contribution in [0.5, 0.6) is 0 Å². The van der Waals surface area contributed by atoms with Crippen LogP contribution in [0.2, 0.25) is 0 Å². The minimum absolute atomic E-state index is 0.0733. The van der Waals surface area contributed by atoms with Crippen molar-refractivity contribution in [2.45, 2.75) is 25.9 Å². The summed E-state index contributed by atoms with van der Waals surface area (Å²) in [6, 6.07) is 12.2. The smallest absolute Gasteiger partial charge is 0.319 e. The molecule has 2 aromatic heterocycles. The minimum Gasteiger partial charge on any atom is -0.466 e. The standard InChI is InChI=1S/C26H28N6O5/c1-2-37-24(34)14-22(20-6-4-10-28-16-20)32-23(33)17-29-25(35)19-5-3-7-21(13-19)31-26(36)30-15-18-8-11-27-12-9-18/h3-13,16,22H,2,14-15,17H2,1H3,(H,29,35)(H,32,33)(H2,30,31,36). The van der Waals surface area contributed by atoms with Gasteiger partial charge in [0, 0.05) is 42.6 Å². The summed E-state index contributed by atoms with van der Waals surface area (Å²) in [7, 11) is 0. The first-order valence-corrected chi connectivity index (χ1v) is 11.6. The Balaban J connectivity index is 1.52. The second-order valence-electron chi connectivity index (χ2n) is 7.84. The van der Waals surface area contributed by atoms with Crippen molar-refractivity contribution in [3.63, 3.8) is 0 Å². The summed E-state index contributed by atoms with van der Waals surface area (Å²) in [5.74, 6) is -1.45. The van der Waals surface area contributed by atoms with Gasteiger partial charge in [-0.15, -0.1) is 0 Å². The van der Waals surface area contributed by atoms with E-state index >= 15 is 0 Å². The molecule has 0 aliphatic rings. The maximum atomic E-state index is 12.6. The fraction of sp³-hybridized carbons (Fsp3) is 0.231. The number of hydrogen-bond donors (Lipinski definition) is 4. The third kappa shape index (κ3) is 9.06. The number of pyridine rings is 2. The van der Waals surface area contributed by atoms with Crippen LogP contribution in [-0.4, -0.2) is 46.9 Å². The predicted octanol–water partition coefficient (Wildman–Crippen LogP) is 2.34. The summed E-state index contributed by atoms with van der Waals surface area (Å²) >= 11 is 0. The first-order valence-electron chi connectivity index (χ1n) is 11.6. The minimum atomic E-state index is -0.657. The number of rotatable bonds is 11. The van der Waals surface area contributed by atoms with E-state index in [1.807, 2.05) is 0 Å². The number of anilines is 1. The highest BCUT2D eigenvalue weighted by molar-refractivity contribution is 5.98. The lowest BCUT2D eigenvalue weighted by Crippen LogP contribution is -2.39. The van der Waals surface area contributed by atoms with Gasteiger partial charge in [-0.2, -0.15) is 0 Å². The van der Waals surface area contributed by atoms with E-state index in [0.717, 1.165) is 5.56 Å². The van der Waals surface area contributed by atoms with E-state index in [2.05, 4.69) is 31.2 Å². The highest BCUT2D eigenvalue weighted by atomic mass is 16.5. The Hall–Kier alpha value is -4.80. The topological polar surface area (TPSA) is 151 Å². The molecule has 37 heavy (non-hydrogen) atoms. The van der Waals surface area contributed by atoms with Crippen molar-refractivity contribution in [2.24, 2.45) is 0 Å². The van der Waals surface area contributed by atoms with Crippen LogP contribution in [-0.2, 0) is 20.9 Å². The number of nitrogens with one attached hydrogen (secondary N) is 4. The zero-order chi connectivity index (χ0) is 26.5. The van der Waals surface area contributed by atoms with Gasteiger partial charge in [-0.3, -0.25) is 24.4 Å². The highest BCUT2D eigenvalue weighted by Crippen LogP contribution is 2.16. The average Bonchev–Trinajstić information content (AvgIpc) is 2.91. The molecule has 192 valence electrons. The Kier molecular flexibility index (Phi) is 10.1. The van der Waals surface area contributed by atoms with E-state index in [9.17, 15) is 19.2 Å². The summed E-state index contributed by atoms with van der Waals surface area (Å²) in [4.78, 5) is 57.3. The summed E-state index contributed by atoms with van der Waals surface area (Å²) in [6.07, 6.45) is 6.33. The predicted molar refractivity (Wildman–Crippen MR) is 135 cm³/mol. The molecule has 1 atom stereocenters. The van der Waals surface area contributed by atoms with Gasteiger partial charge in [-0.05, 0) is 54.4 Å². The summed E-state index contributed by atoms with van der Waals surface area (Å²) in [5.41, 5.74) is 2.20. The van der Waals surface area contributed by atoms with E-state index in [0.29, 0.717) is 17.8 Å². The molecule has 1 unspecified atom stereocenters. The second kappa shape index (κ2) is 13.9. The molecule has 2 heterocycles. The molecule has 0 radical (unpaired) electrons. The molecule has 0 spiro atoms. The molecule has 0 fully saturated rings.